The van der Waals surface area contributed by atoms with Crippen LogP contribution in [0.5, 0.6) is 5.75 Å². The van der Waals surface area contributed by atoms with Crippen LogP contribution in [-0.4, -0.2) is 25.1 Å². The molecule has 2 fully saturated rings. The minimum Gasteiger partial charge on any atom is -0.491 e. The van der Waals surface area contributed by atoms with Crippen LogP contribution in [0.15, 0.2) is 24.3 Å². The van der Waals surface area contributed by atoms with Crippen molar-refractivity contribution < 1.29 is 9.53 Å². The molecule has 0 unspecified atom stereocenters. The molecule has 2 aliphatic rings. The van der Waals surface area contributed by atoms with Crippen LogP contribution >= 0.6 is 0 Å². The average molecular weight is 316 g/mol. The number of hydrogen-bond donors (Lipinski definition) is 2. The summed E-state index contributed by atoms with van der Waals surface area (Å²) < 4.78 is 5.65. The molecular weight excluding hydrogens is 288 g/mol. The molecule has 0 radical (unpaired) electrons. The number of carbonyl (C=O) groups excluding carboxylic acids is 1. The molecule has 4 nitrogen and oxygen atoms in total. The number of hydrogen-bond acceptors (Lipinski definition) is 3. The van der Waals surface area contributed by atoms with Gasteiger partial charge in [-0.15, -0.1) is 0 Å². The third-order valence-electron chi connectivity index (χ3n) is 5.24. The summed E-state index contributed by atoms with van der Waals surface area (Å²) in [6.07, 6.45) is 4.82. The molecule has 1 aromatic rings. The second-order valence-electron chi connectivity index (χ2n) is 7.22. The molecule has 1 aliphatic heterocycles. The van der Waals surface area contributed by atoms with Gasteiger partial charge in [0.25, 0.3) is 0 Å². The van der Waals surface area contributed by atoms with Gasteiger partial charge in [0.05, 0.1) is 11.5 Å². The molecule has 1 amide bonds. The van der Waals surface area contributed by atoms with Gasteiger partial charge >= 0.3 is 0 Å². The number of benzene rings is 1. The molecule has 0 bridgehead atoms. The Hall–Kier alpha value is -1.55. The number of amides is 1. The van der Waals surface area contributed by atoms with E-state index in [0.717, 1.165) is 30.8 Å². The minimum absolute atomic E-state index is 0.168. The van der Waals surface area contributed by atoms with Crippen LogP contribution in [0.2, 0.25) is 0 Å². The summed E-state index contributed by atoms with van der Waals surface area (Å²) in [7, 11) is 0. The second-order valence-corrected chi connectivity index (χ2v) is 7.22. The number of rotatable bonds is 5. The predicted octanol–water partition coefficient (Wildman–Crippen LogP) is 2.87. The lowest BCUT2D eigenvalue weighted by Crippen LogP contribution is -2.47. The van der Waals surface area contributed by atoms with Gasteiger partial charge in [-0.1, -0.05) is 25.0 Å². The summed E-state index contributed by atoms with van der Waals surface area (Å²) in [6, 6.07) is 8.00. The first-order valence-electron chi connectivity index (χ1n) is 8.85. The number of ether oxygens (including phenoxy) is 1. The fourth-order valence-corrected chi connectivity index (χ4v) is 4.01. The third kappa shape index (κ3) is 3.52. The van der Waals surface area contributed by atoms with Crippen LogP contribution in [0, 0.1) is 11.3 Å². The summed E-state index contributed by atoms with van der Waals surface area (Å²) >= 11 is 0. The summed E-state index contributed by atoms with van der Waals surface area (Å²) in [4.78, 5) is 12.8. The summed E-state index contributed by atoms with van der Waals surface area (Å²) in [5, 5.41) is 6.60. The molecule has 0 aromatic heterocycles. The van der Waals surface area contributed by atoms with Gasteiger partial charge in [0, 0.05) is 13.1 Å². The van der Waals surface area contributed by atoms with Crippen LogP contribution in [-0.2, 0) is 11.3 Å². The van der Waals surface area contributed by atoms with Crippen molar-refractivity contribution in [1.82, 2.24) is 10.6 Å². The topological polar surface area (TPSA) is 50.4 Å². The maximum atomic E-state index is 12.8. The molecule has 1 aromatic carbocycles. The first-order chi connectivity index (χ1) is 11.1. The predicted molar refractivity (Wildman–Crippen MR) is 91.3 cm³/mol. The molecule has 1 saturated carbocycles. The fourth-order valence-electron chi connectivity index (χ4n) is 4.01. The molecular formula is C19H28N2O2. The lowest BCUT2D eigenvalue weighted by atomic mass is 9.67. The van der Waals surface area contributed by atoms with E-state index in [1.54, 1.807) is 0 Å². The maximum Gasteiger partial charge on any atom is 0.228 e. The van der Waals surface area contributed by atoms with Gasteiger partial charge in [-0.25, -0.2) is 0 Å². The Kier molecular flexibility index (Phi) is 4.90. The van der Waals surface area contributed by atoms with Crippen LogP contribution in [0.3, 0.4) is 0 Å². The van der Waals surface area contributed by atoms with E-state index in [2.05, 4.69) is 10.6 Å². The van der Waals surface area contributed by atoms with E-state index in [0.29, 0.717) is 12.5 Å². The molecule has 1 heterocycles. The van der Waals surface area contributed by atoms with Gasteiger partial charge in [0.1, 0.15) is 5.75 Å². The van der Waals surface area contributed by atoms with Crippen molar-refractivity contribution in [3.63, 3.8) is 0 Å². The summed E-state index contributed by atoms with van der Waals surface area (Å²) in [5.74, 6) is 1.62. The second kappa shape index (κ2) is 6.91. The molecule has 1 saturated heterocycles. The van der Waals surface area contributed by atoms with Crippen LogP contribution in [0.25, 0.3) is 0 Å². The molecule has 1 aliphatic carbocycles. The third-order valence-corrected chi connectivity index (χ3v) is 5.24. The smallest absolute Gasteiger partial charge is 0.228 e. The lowest BCUT2D eigenvalue weighted by molar-refractivity contribution is -0.134. The normalized spacial score (nSPS) is 26.8. The molecule has 23 heavy (non-hydrogen) atoms. The van der Waals surface area contributed by atoms with Gasteiger partial charge in [-0.05, 0) is 56.8 Å². The first kappa shape index (κ1) is 16.3. The van der Waals surface area contributed by atoms with Crippen molar-refractivity contribution in [2.45, 2.75) is 52.2 Å². The molecule has 0 spiro atoms. The number of nitrogens with one attached hydrogen (secondary N) is 2. The van der Waals surface area contributed by atoms with E-state index < -0.39 is 0 Å². The van der Waals surface area contributed by atoms with Gasteiger partial charge < -0.3 is 15.4 Å². The Bertz CT molecular complexity index is 541. The van der Waals surface area contributed by atoms with E-state index >= 15 is 0 Å². The van der Waals surface area contributed by atoms with E-state index in [4.69, 9.17) is 4.74 Å². The van der Waals surface area contributed by atoms with E-state index in [-0.39, 0.29) is 17.4 Å². The Morgan fingerprint density at radius 2 is 2.13 bits per heavy atom. The van der Waals surface area contributed by atoms with E-state index in [9.17, 15) is 4.79 Å². The van der Waals surface area contributed by atoms with Gasteiger partial charge in [-0.2, -0.15) is 0 Å². The molecule has 126 valence electrons. The van der Waals surface area contributed by atoms with Crippen molar-refractivity contribution in [2.24, 2.45) is 11.3 Å². The highest BCUT2D eigenvalue weighted by molar-refractivity contribution is 5.83. The van der Waals surface area contributed by atoms with Crippen molar-refractivity contribution >= 4 is 5.91 Å². The zero-order valence-corrected chi connectivity index (χ0v) is 14.2. The standard InChI is InChI=1S/C19H28N2O2/c1-14(2)23-17-8-6-15(7-9-17)11-21-18(22)19-10-4-3-5-16(19)12-20-13-19/h6-9,14,16,20H,3-5,10-13H2,1-2H3,(H,21,22)/t16-,19+/m0/s1. The van der Waals surface area contributed by atoms with Crippen molar-refractivity contribution in [1.29, 1.82) is 0 Å². The Balaban J connectivity index is 1.58. The highest BCUT2D eigenvalue weighted by Gasteiger charge is 2.49. The van der Waals surface area contributed by atoms with Crippen LogP contribution in [0.1, 0.15) is 45.1 Å². The van der Waals surface area contributed by atoms with Gasteiger partial charge in [-0.3, -0.25) is 4.79 Å². The largest absolute Gasteiger partial charge is 0.491 e. The maximum absolute atomic E-state index is 12.8. The molecule has 2 N–H and O–H groups in total. The number of carbonyl (C=O) groups is 1. The van der Waals surface area contributed by atoms with Gasteiger partial charge in [0.15, 0.2) is 0 Å². The molecule has 3 rings (SSSR count). The van der Waals surface area contributed by atoms with Crippen molar-refractivity contribution in [2.75, 3.05) is 13.1 Å². The SMILES string of the molecule is CC(C)Oc1ccc(CNC(=O)[C@@]23CCCC[C@H]2CNC3)cc1. The highest BCUT2D eigenvalue weighted by Crippen LogP contribution is 2.43. The van der Waals surface area contributed by atoms with Crippen LogP contribution in [0.4, 0.5) is 0 Å². The van der Waals surface area contributed by atoms with Crippen LogP contribution < -0.4 is 15.4 Å². The highest BCUT2D eigenvalue weighted by atomic mass is 16.5. The quantitative estimate of drug-likeness (QED) is 0.878. The Morgan fingerprint density at radius 1 is 1.35 bits per heavy atom. The lowest BCUT2D eigenvalue weighted by Gasteiger charge is -2.37. The zero-order chi connectivity index (χ0) is 16.3. The molecule has 4 heteroatoms. The fraction of sp³-hybridized carbons (Fsp3) is 0.632. The van der Waals surface area contributed by atoms with Crippen molar-refractivity contribution in [3.8, 4) is 5.75 Å². The molecule has 2 atom stereocenters. The average Bonchev–Trinajstić information content (AvgIpc) is 2.98. The van der Waals surface area contributed by atoms with E-state index in [1.165, 1.54) is 19.3 Å². The van der Waals surface area contributed by atoms with Gasteiger partial charge in [0.2, 0.25) is 5.91 Å². The minimum atomic E-state index is -0.168. The van der Waals surface area contributed by atoms with Crippen molar-refractivity contribution in [3.05, 3.63) is 29.8 Å². The Morgan fingerprint density at radius 3 is 2.87 bits per heavy atom. The van der Waals surface area contributed by atoms with E-state index in [1.807, 2.05) is 38.1 Å². The monoisotopic (exact) mass is 316 g/mol. The number of fused-ring (bicyclic) bond motifs is 1. The summed E-state index contributed by atoms with van der Waals surface area (Å²) in [6.45, 7) is 6.46. The first-order valence-corrected chi connectivity index (χ1v) is 8.85. The zero-order valence-electron chi connectivity index (χ0n) is 14.2. The Labute approximate surface area is 139 Å². The summed E-state index contributed by atoms with van der Waals surface area (Å²) in [5.41, 5.74) is 0.947.